The van der Waals surface area contributed by atoms with Crippen LogP contribution in [-0.4, -0.2) is 12.5 Å². The van der Waals surface area contributed by atoms with Gasteiger partial charge < -0.3 is 0 Å². The summed E-state index contributed by atoms with van der Waals surface area (Å²) >= 11 is -0.302. The monoisotopic (exact) mass is 237 g/mol. The third kappa shape index (κ3) is 2.28. The van der Waals surface area contributed by atoms with Crippen molar-refractivity contribution in [2.24, 2.45) is 0 Å². The van der Waals surface area contributed by atoms with E-state index in [1.165, 1.54) is 3.28 Å². The van der Waals surface area contributed by atoms with Crippen LogP contribution in [-0.2, 0) is 0 Å². The van der Waals surface area contributed by atoms with E-state index in [2.05, 4.69) is 0 Å². The van der Waals surface area contributed by atoms with Crippen molar-refractivity contribution in [2.45, 2.75) is 6.92 Å². The minimum Gasteiger partial charge on any atom is -0.280 e. The average molecular weight is 237 g/mol. The maximum Gasteiger partial charge on any atom is 0.0411 e. The highest BCUT2D eigenvalue weighted by Gasteiger charge is 1.90. The number of rotatable bonds is 0. The predicted molar refractivity (Wildman–Crippen MR) is 46.6 cm³/mol. The molecule has 0 aromatic carbocycles. The number of hydrogen-bond acceptors (Lipinski definition) is 2. The number of allylic oxidation sites excluding steroid dienone is 3. The second-order valence-corrected chi connectivity index (χ2v) is 4.01. The normalized spacial score (nSPS) is 18.4. The molecule has 0 amide bonds. The second-order valence-electron chi connectivity index (χ2n) is 1.74. The zero-order valence-corrected chi connectivity index (χ0v) is 7.24. The van der Waals surface area contributed by atoms with Gasteiger partial charge in [-0.15, -0.1) is 0 Å². The fourth-order valence-electron chi connectivity index (χ4n) is 0.518. The van der Waals surface area contributed by atoms with Gasteiger partial charge in [-0.3, -0.25) is 5.21 Å². The first kappa shape index (κ1) is 6.95. The highest BCUT2D eigenvalue weighted by atomic mass is 127. The molecule has 0 aromatic heterocycles. The standard InChI is InChI=1S/C6H8INO/c1-6-3-2-4-7-8(9)5-6/h2-5,9H,1H3. The van der Waals surface area contributed by atoms with Crippen LogP contribution >= 0.6 is 21.0 Å². The second kappa shape index (κ2) is 3.12. The van der Waals surface area contributed by atoms with Gasteiger partial charge in [-0.05, 0) is 16.5 Å². The Labute approximate surface area is 64.5 Å². The third-order valence-electron chi connectivity index (χ3n) is 0.898. The van der Waals surface area contributed by atoms with Gasteiger partial charge in [-0.1, -0.05) is 12.2 Å². The van der Waals surface area contributed by atoms with Gasteiger partial charge in [0.25, 0.3) is 0 Å². The quantitative estimate of drug-likeness (QED) is 0.513. The van der Waals surface area contributed by atoms with Crippen LogP contribution in [0.3, 0.4) is 0 Å². The molecule has 0 bridgehead atoms. The molecule has 0 saturated carbocycles. The molecule has 0 unspecified atom stereocenters. The molecule has 2 nitrogen and oxygen atoms in total. The van der Waals surface area contributed by atoms with Gasteiger partial charge in [0.1, 0.15) is 0 Å². The van der Waals surface area contributed by atoms with E-state index in [-0.39, 0.29) is 21.0 Å². The third-order valence-corrected chi connectivity index (χ3v) is 2.48. The molecule has 9 heavy (non-hydrogen) atoms. The average Bonchev–Trinajstić information content (AvgIpc) is 1.93. The zero-order valence-electron chi connectivity index (χ0n) is 5.08. The Morgan fingerprint density at radius 1 is 1.67 bits per heavy atom. The first-order chi connectivity index (χ1) is 4.29. The van der Waals surface area contributed by atoms with Crippen molar-refractivity contribution in [3.63, 3.8) is 0 Å². The Morgan fingerprint density at radius 2 is 2.44 bits per heavy atom. The van der Waals surface area contributed by atoms with E-state index in [0.29, 0.717) is 0 Å². The lowest BCUT2D eigenvalue weighted by Crippen LogP contribution is -1.93. The maximum atomic E-state index is 8.99. The number of halogens is 1. The van der Waals surface area contributed by atoms with Crippen molar-refractivity contribution in [1.29, 1.82) is 0 Å². The van der Waals surface area contributed by atoms with Crippen LogP contribution < -0.4 is 0 Å². The molecule has 1 N–H and O–H groups in total. The van der Waals surface area contributed by atoms with Gasteiger partial charge in [0, 0.05) is 27.2 Å². The summed E-state index contributed by atoms with van der Waals surface area (Å²) in [6, 6.07) is 0. The fraction of sp³-hybridized carbons (Fsp3) is 0.167. The maximum absolute atomic E-state index is 8.99. The number of nitrogens with zero attached hydrogens (tertiary/aromatic N) is 1. The molecule has 0 aliphatic carbocycles. The Balaban J connectivity index is 2.77. The Bertz CT molecular complexity index is 183. The largest absolute Gasteiger partial charge is 0.280 e. The Hall–Kier alpha value is -0.160. The van der Waals surface area contributed by atoms with Gasteiger partial charge >= 0.3 is 0 Å². The summed E-state index contributed by atoms with van der Waals surface area (Å²) in [7, 11) is 0. The predicted octanol–water partition coefficient (Wildman–Crippen LogP) is 1.84. The van der Waals surface area contributed by atoms with Gasteiger partial charge in [-0.2, -0.15) is 0 Å². The molecule has 3 heteroatoms. The van der Waals surface area contributed by atoms with Crippen LogP contribution in [0, 0.1) is 0 Å². The molecule has 50 valence electrons. The molecule has 0 saturated heterocycles. The SMILES string of the molecule is CC1=CN(O)I=CC=C1. The van der Waals surface area contributed by atoms with E-state index in [4.69, 9.17) is 5.21 Å². The molecule has 0 atom stereocenters. The van der Waals surface area contributed by atoms with Gasteiger partial charge in [0.2, 0.25) is 0 Å². The van der Waals surface area contributed by atoms with E-state index in [0.717, 1.165) is 5.57 Å². The van der Waals surface area contributed by atoms with Crippen molar-refractivity contribution in [3.05, 3.63) is 23.9 Å². The van der Waals surface area contributed by atoms with E-state index in [1.54, 1.807) is 6.20 Å². The van der Waals surface area contributed by atoms with Gasteiger partial charge in [-0.25, -0.2) is 3.28 Å². The van der Waals surface area contributed by atoms with Crippen LogP contribution in [0.1, 0.15) is 6.92 Å². The number of hydroxylamine groups is 1. The van der Waals surface area contributed by atoms with Crippen LogP contribution in [0.15, 0.2) is 23.9 Å². The summed E-state index contributed by atoms with van der Waals surface area (Å²) in [6.45, 7) is 1.96. The summed E-state index contributed by atoms with van der Waals surface area (Å²) in [5.41, 5.74) is 1.09. The molecular weight excluding hydrogens is 229 g/mol. The zero-order chi connectivity index (χ0) is 6.69. The van der Waals surface area contributed by atoms with Crippen molar-refractivity contribution in [3.8, 4) is 0 Å². The van der Waals surface area contributed by atoms with Gasteiger partial charge in [0.15, 0.2) is 0 Å². The van der Waals surface area contributed by atoms with Crippen molar-refractivity contribution >= 4 is 25.0 Å². The van der Waals surface area contributed by atoms with Crippen molar-refractivity contribution < 1.29 is 5.21 Å². The van der Waals surface area contributed by atoms with Crippen LogP contribution in [0.25, 0.3) is 0 Å². The molecule has 1 rings (SSSR count). The lowest BCUT2D eigenvalue weighted by atomic mass is 10.3. The van der Waals surface area contributed by atoms with Crippen LogP contribution in [0.2, 0.25) is 0 Å². The van der Waals surface area contributed by atoms with Gasteiger partial charge in [0.05, 0.1) is 0 Å². The first-order valence-corrected chi connectivity index (χ1v) is 4.80. The lowest BCUT2D eigenvalue weighted by Gasteiger charge is -2.01. The fourth-order valence-corrected chi connectivity index (χ4v) is 1.84. The smallest absolute Gasteiger partial charge is 0.0411 e. The summed E-state index contributed by atoms with van der Waals surface area (Å²) in [6.07, 6.45) is 5.71. The Morgan fingerprint density at radius 3 is 3.22 bits per heavy atom. The molecule has 0 aromatic rings. The molecule has 1 heterocycles. The highest BCUT2D eigenvalue weighted by molar-refractivity contribution is 14.2. The van der Waals surface area contributed by atoms with E-state index in [9.17, 15) is 0 Å². The molecule has 0 spiro atoms. The minimum atomic E-state index is -0.302. The molecule has 1 aliphatic rings. The molecule has 1 aliphatic heterocycles. The topological polar surface area (TPSA) is 23.5 Å². The van der Waals surface area contributed by atoms with E-state index in [1.807, 2.05) is 23.1 Å². The van der Waals surface area contributed by atoms with E-state index >= 15 is 0 Å². The summed E-state index contributed by atoms with van der Waals surface area (Å²) in [5.74, 6) is 0. The highest BCUT2D eigenvalue weighted by Crippen LogP contribution is 2.10. The molecular formula is C6H8INO. The first-order valence-electron chi connectivity index (χ1n) is 2.59. The molecule has 0 fully saturated rings. The lowest BCUT2D eigenvalue weighted by molar-refractivity contribution is 0.0921. The Kier molecular flexibility index (Phi) is 2.41. The minimum absolute atomic E-state index is 0.302. The van der Waals surface area contributed by atoms with Crippen molar-refractivity contribution in [1.82, 2.24) is 3.28 Å². The van der Waals surface area contributed by atoms with Crippen LogP contribution in [0.4, 0.5) is 0 Å². The van der Waals surface area contributed by atoms with E-state index < -0.39 is 0 Å². The summed E-state index contributed by atoms with van der Waals surface area (Å²) < 4.78 is 3.28. The number of hydrogen-bond donors (Lipinski definition) is 1. The molecule has 0 radical (unpaired) electrons. The van der Waals surface area contributed by atoms with Crippen LogP contribution in [0.5, 0.6) is 0 Å². The summed E-state index contributed by atoms with van der Waals surface area (Å²) in [5, 5.41) is 8.99. The summed E-state index contributed by atoms with van der Waals surface area (Å²) in [4.78, 5) is 0. The van der Waals surface area contributed by atoms with Crippen molar-refractivity contribution in [2.75, 3.05) is 0 Å².